The number of anilines is 2. The molecule has 0 fully saturated rings. The van der Waals surface area contributed by atoms with Gasteiger partial charge in [-0.05, 0) is 17.7 Å². The number of rotatable bonds is 2. The summed E-state index contributed by atoms with van der Waals surface area (Å²) in [5, 5.41) is 6.15. The maximum Gasteiger partial charge on any atom is 0.251 e. The molecule has 1 heterocycles. The molecule has 0 aromatic heterocycles. The smallest absolute Gasteiger partial charge is 0.251 e. The standard InChI is InChI=1S/C15H14N2O2/c1-19-12-9-5-8-11-14(12)17-15(18)13(16-11)10-6-3-2-4-7-10/h2-9,13,16H,1H3,(H,17,18). The van der Waals surface area contributed by atoms with Crippen molar-refractivity contribution in [2.24, 2.45) is 0 Å². The molecule has 1 amide bonds. The van der Waals surface area contributed by atoms with Gasteiger partial charge < -0.3 is 15.4 Å². The third-order valence-corrected chi connectivity index (χ3v) is 3.19. The Bertz CT molecular complexity index is 611. The quantitative estimate of drug-likeness (QED) is 0.866. The van der Waals surface area contributed by atoms with E-state index in [0.717, 1.165) is 11.3 Å². The van der Waals surface area contributed by atoms with Crippen molar-refractivity contribution < 1.29 is 9.53 Å². The fraction of sp³-hybridized carbons (Fsp3) is 0.133. The first-order valence-corrected chi connectivity index (χ1v) is 6.09. The van der Waals surface area contributed by atoms with E-state index < -0.39 is 0 Å². The average Bonchev–Trinajstić information content (AvgIpc) is 2.47. The van der Waals surface area contributed by atoms with Crippen molar-refractivity contribution in [3.05, 3.63) is 54.1 Å². The molecule has 0 spiro atoms. The molecule has 0 saturated carbocycles. The Kier molecular flexibility index (Phi) is 2.83. The number of para-hydroxylation sites is 1. The number of amides is 1. The SMILES string of the molecule is COc1cccc2c1NC(=O)C(c1ccccc1)N2. The number of fused-ring (bicyclic) bond motifs is 1. The fourth-order valence-corrected chi connectivity index (χ4v) is 2.25. The molecule has 2 N–H and O–H groups in total. The first kappa shape index (κ1) is 11.6. The van der Waals surface area contributed by atoms with Gasteiger partial charge in [-0.15, -0.1) is 0 Å². The van der Waals surface area contributed by atoms with Gasteiger partial charge in [0, 0.05) is 0 Å². The van der Waals surface area contributed by atoms with Crippen molar-refractivity contribution in [2.45, 2.75) is 6.04 Å². The highest BCUT2D eigenvalue weighted by atomic mass is 16.5. The Hall–Kier alpha value is -2.49. The van der Waals surface area contributed by atoms with Crippen LogP contribution in [0.5, 0.6) is 5.75 Å². The van der Waals surface area contributed by atoms with E-state index in [9.17, 15) is 4.79 Å². The summed E-state index contributed by atoms with van der Waals surface area (Å²) in [6, 6.07) is 14.9. The van der Waals surface area contributed by atoms with Crippen LogP contribution < -0.4 is 15.4 Å². The number of carbonyl (C=O) groups excluding carboxylic acids is 1. The van der Waals surface area contributed by atoms with Crippen LogP contribution in [0, 0.1) is 0 Å². The second-order valence-corrected chi connectivity index (χ2v) is 4.36. The number of ether oxygens (including phenoxy) is 1. The summed E-state index contributed by atoms with van der Waals surface area (Å²) >= 11 is 0. The Labute approximate surface area is 111 Å². The zero-order chi connectivity index (χ0) is 13.2. The van der Waals surface area contributed by atoms with Crippen LogP contribution in [0.25, 0.3) is 0 Å². The normalized spacial score (nSPS) is 17.1. The molecule has 2 aromatic rings. The van der Waals surface area contributed by atoms with Crippen LogP contribution in [-0.2, 0) is 4.79 Å². The molecule has 1 unspecified atom stereocenters. The molecule has 0 radical (unpaired) electrons. The van der Waals surface area contributed by atoms with Crippen LogP contribution in [0.1, 0.15) is 11.6 Å². The maximum atomic E-state index is 12.2. The minimum Gasteiger partial charge on any atom is -0.494 e. The molecule has 3 rings (SSSR count). The molecule has 0 saturated heterocycles. The monoisotopic (exact) mass is 254 g/mol. The van der Waals surface area contributed by atoms with Gasteiger partial charge in [-0.25, -0.2) is 0 Å². The Balaban J connectivity index is 1.99. The number of methoxy groups -OCH3 is 1. The summed E-state index contributed by atoms with van der Waals surface area (Å²) in [6.45, 7) is 0. The van der Waals surface area contributed by atoms with E-state index in [4.69, 9.17) is 4.74 Å². The number of carbonyl (C=O) groups is 1. The molecule has 4 heteroatoms. The summed E-state index contributed by atoms with van der Waals surface area (Å²) in [6.07, 6.45) is 0. The van der Waals surface area contributed by atoms with Crippen LogP contribution in [-0.4, -0.2) is 13.0 Å². The van der Waals surface area contributed by atoms with E-state index >= 15 is 0 Å². The maximum absolute atomic E-state index is 12.2. The second kappa shape index (κ2) is 4.65. The topological polar surface area (TPSA) is 50.4 Å². The second-order valence-electron chi connectivity index (χ2n) is 4.36. The Morgan fingerprint density at radius 1 is 1.05 bits per heavy atom. The first-order valence-electron chi connectivity index (χ1n) is 6.09. The lowest BCUT2D eigenvalue weighted by Crippen LogP contribution is -2.32. The van der Waals surface area contributed by atoms with Gasteiger partial charge in [0.15, 0.2) is 0 Å². The van der Waals surface area contributed by atoms with Gasteiger partial charge in [-0.3, -0.25) is 4.79 Å². The van der Waals surface area contributed by atoms with E-state index in [0.29, 0.717) is 11.4 Å². The number of hydrogen-bond acceptors (Lipinski definition) is 3. The van der Waals surface area contributed by atoms with Crippen LogP contribution in [0.4, 0.5) is 11.4 Å². The van der Waals surface area contributed by atoms with E-state index in [1.165, 1.54) is 0 Å². The van der Waals surface area contributed by atoms with Crippen LogP contribution in [0.15, 0.2) is 48.5 Å². The molecule has 1 aliphatic rings. The predicted octanol–water partition coefficient (Wildman–Crippen LogP) is 2.80. The summed E-state index contributed by atoms with van der Waals surface area (Å²) in [5.41, 5.74) is 2.50. The van der Waals surface area contributed by atoms with Gasteiger partial charge in [-0.2, -0.15) is 0 Å². The fourth-order valence-electron chi connectivity index (χ4n) is 2.25. The Morgan fingerprint density at radius 2 is 1.84 bits per heavy atom. The highest BCUT2D eigenvalue weighted by Gasteiger charge is 2.28. The highest BCUT2D eigenvalue weighted by Crippen LogP contribution is 2.38. The highest BCUT2D eigenvalue weighted by molar-refractivity contribution is 6.05. The molecule has 19 heavy (non-hydrogen) atoms. The third-order valence-electron chi connectivity index (χ3n) is 3.19. The van der Waals surface area contributed by atoms with Gasteiger partial charge >= 0.3 is 0 Å². The van der Waals surface area contributed by atoms with Gasteiger partial charge in [0.05, 0.1) is 12.8 Å². The minimum absolute atomic E-state index is 0.0804. The molecule has 1 aliphatic heterocycles. The third kappa shape index (κ3) is 2.01. The van der Waals surface area contributed by atoms with E-state index in [-0.39, 0.29) is 11.9 Å². The lowest BCUT2D eigenvalue weighted by atomic mass is 10.0. The van der Waals surface area contributed by atoms with Crippen molar-refractivity contribution in [3.8, 4) is 5.75 Å². The largest absolute Gasteiger partial charge is 0.494 e. The number of hydrogen-bond donors (Lipinski definition) is 2. The Morgan fingerprint density at radius 3 is 2.58 bits per heavy atom. The zero-order valence-electron chi connectivity index (χ0n) is 10.5. The van der Waals surface area contributed by atoms with Gasteiger partial charge in [0.2, 0.25) is 0 Å². The number of benzene rings is 2. The first-order chi connectivity index (χ1) is 9.29. The molecule has 4 nitrogen and oxygen atoms in total. The van der Waals surface area contributed by atoms with E-state index in [2.05, 4.69) is 10.6 Å². The molecule has 0 bridgehead atoms. The molecule has 0 aliphatic carbocycles. The molecule has 96 valence electrons. The minimum atomic E-state index is -0.374. The van der Waals surface area contributed by atoms with E-state index in [1.807, 2.05) is 48.5 Å². The van der Waals surface area contributed by atoms with Crippen molar-refractivity contribution in [3.63, 3.8) is 0 Å². The number of nitrogens with one attached hydrogen (secondary N) is 2. The lowest BCUT2D eigenvalue weighted by molar-refractivity contribution is -0.117. The zero-order valence-corrected chi connectivity index (χ0v) is 10.5. The predicted molar refractivity (Wildman–Crippen MR) is 74.4 cm³/mol. The lowest BCUT2D eigenvalue weighted by Gasteiger charge is -2.28. The van der Waals surface area contributed by atoms with E-state index in [1.54, 1.807) is 7.11 Å². The summed E-state index contributed by atoms with van der Waals surface area (Å²) in [7, 11) is 1.59. The molecule has 2 aromatic carbocycles. The van der Waals surface area contributed by atoms with Crippen molar-refractivity contribution in [2.75, 3.05) is 17.7 Å². The summed E-state index contributed by atoms with van der Waals surface area (Å²) in [5.74, 6) is 0.577. The average molecular weight is 254 g/mol. The summed E-state index contributed by atoms with van der Waals surface area (Å²) in [4.78, 5) is 12.2. The van der Waals surface area contributed by atoms with Crippen molar-refractivity contribution in [1.29, 1.82) is 0 Å². The van der Waals surface area contributed by atoms with Crippen LogP contribution in [0.3, 0.4) is 0 Å². The van der Waals surface area contributed by atoms with Gasteiger partial charge in [-0.1, -0.05) is 36.4 Å². The van der Waals surface area contributed by atoms with Crippen molar-refractivity contribution in [1.82, 2.24) is 0 Å². The van der Waals surface area contributed by atoms with Crippen molar-refractivity contribution >= 4 is 17.3 Å². The van der Waals surface area contributed by atoms with Crippen LogP contribution >= 0.6 is 0 Å². The van der Waals surface area contributed by atoms with Crippen LogP contribution in [0.2, 0.25) is 0 Å². The van der Waals surface area contributed by atoms with Gasteiger partial charge in [0.1, 0.15) is 17.5 Å². The van der Waals surface area contributed by atoms with Gasteiger partial charge in [0.25, 0.3) is 5.91 Å². The molecular weight excluding hydrogens is 240 g/mol. The summed E-state index contributed by atoms with van der Waals surface area (Å²) < 4.78 is 5.25. The molecule has 1 atom stereocenters. The molecular formula is C15H14N2O2.